The van der Waals surface area contributed by atoms with E-state index in [2.05, 4.69) is 4.98 Å². The number of hydrogen-bond acceptors (Lipinski definition) is 4. The zero-order valence-electron chi connectivity index (χ0n) is 11.2. The van der Waals surface area contributed by atoms with Crippen LogP contribution in [0.3, 0.4) is 0 Å². The quantitative estimate of drug-likeness (QED) is 0.629. The van der Waals surface area contributed by atoms with E-state index in [1.165, 1.54) is 0 Å². The van der Waals surface area contributed by atoms with Gasteiger partial charge >= 0.3 is 0 Å². The van der Waals surface area contributed by atoms with Crippen molar-refractivity contribution in [3.8, 4) is 5.75 Å². The first-order valence-electron chi connectivity index (χ1n) is 6.09. The molecular weight excluding hydrogens is 240 g/mol. The minimum atomic E-state index is -0.0295. The summed E-state index contributed by atoms with van der Waals surface area (Å²) in [7, 11) is 3.97. The van der Waals surface area contributed by atoms with E-state index < -0.39 is 0 Å². The number of amidine groups is 1. The van der Waals surface area contributed by atoms with Gasteiger partial charge in [0.15, 0.2) is 0 Å². The summed E-state index contributed by atoms with van der Waals surface area (Å²) in [6, 6.07) is 7.69. The molecule has 19 heavy (non-hydrogen) atoms. The fourth-order valence-corrected chi connectivity index (χ4v) is 1.79. The van der Waals surface area contributed by atoms with Crippen molar-refractivity contribution in [2.45, 2.75) is 0 Å². The fourth-order valence-electron chi connectivity index (χ4n) is 1.79. The first kappa shape index (κ1) is 13.3. The molecule has 0 aliphatic carbocycles. The molecule has 3 N–H and O–H groups in total. The number of pyridine rings is 1. The molecule has 0 radical (unpaired) electrons. The van der Waals surface area contributed by atoms with E-state index in [0.29, 0.717) is 17.9 Å². The molecule has 5 nitrogen and oxygen atoms in total. The Hall–Kier alpha value is -2.14. The summed E-state index contributed by atoms with van der Waals surface area (Å²) in [5.74, 6) is 0.609. The normalized spacial score (nSPS) is 10.9. The molecule has 1 aromatic heterocycles. The monoisotopic (exact) mass is 258 g/mol. The third kappa shape index (κ3) is 3.00. The van der Waals surface area contributed by atoms with Crippen LogP contribution >= 0.6 is 0 Å². The molecule has 2 aromatic rings. The molecule has 1 heterocycles. The maximum atomic E-state index is 7.62. The van der Waals surface area contributed by atoms with Crippen LogP contribution in [0.15, 0.2) is 30.5 Å². The molecule has 1 aromatic carbocycles. The van der Waals surface area contributed by atoms with Crippen molar-refractivity contribution in [3.63, 3.8) is 0 Å². The minimum Gasteiger partial charge on any atom is -0.491 e. The second kappa shape index (κ2) is 5.67. The SMILES string of the molecule is CN(C)CCOc1c(C(=N)N)cnc2ccccc12. The number of nitrogens with one attached hydrogen (secondary N) is 1. The van der Waals surface area contributed by atoms with Crippen molar-refractivity contribution in [1.82, 2.24) is 9.88 Å². The zero-order valence-corrected chi connectivity index (χ0v) is 11.2. The molecule has 0 saturated heterocycles. The summed E-state index contributed by atoms with van der Waals surface area (Å²) in [5.41, 5.74) is 6.97. The van der Waals surface area contributed by atoms with Crippen LogP contribution in [-0.4, -0.2) is 43.0 Å². The van der Waals surface area contributed by atoms with E-state index in [4.69, 9.17) is 15.9 Å². The average molecular weight is 258 g/mol. The van der Waals surface area contributed by atoms with Gasteiger partial charge in [0.2, 0.25) is 0 Å². The maximum Gasteiger partial charge on any atom is 0.141 e. The third-order valence-electron chi connectivity index (χ3n) is 2.80. The number of benzene rings is 1. The highest BCUT2D eigenvalue weighted by Gasteiger charge is 2.12. The second-order valence-corrected chi connectivity index (χ2v) is 4.58. The van der Waals surface area contributed by atoms with Crippen molar-refractivity contribution in [2.24, 2.45) is 5.73 Å². The van der Waals surface area contributed by atoms with E-state index in [1.807, 2.05) is 43.3 Å². The molecule has 0 saturated carbocycles. The van der Waals surface area contributed by atoms with Gasteiger partial charge in [0.05, 0.1) is 11.1 Å². The third-order valence-corrected chi connectivity index (χ3v) is 2.80. The summed E-state index contributed by atoms with van der Waals surface area (Å²) in [5, 5.41) is 8.50. The minimum absolute atomic E-state index is 0.0295. The van der Waals surface area contributed by atoms with Crippen molar-refractivity contribution in [2.75, 3.05) is 27.2 Å². The Morgan fingerprint density at radius 3 is 2.79 bits per heavy atom. The molecule has 100 valence electrons. The number of hydrogen-bond donors (Lipinski definition) is 2. The van der Waals surface area contributed by atoms with Crippen molar-refractivity contribution in [1.29, 1.82) is 5.41 Å². The first-order chi connectivity index (χ1) is 9.09. The molecule has 0 bridgehead atoms. The lowest BCUT2D eigenvalue weighted by atomic mass is 10.1. The molecule has 0 atom stereocenters. The predicted molar refractivity (Wildman–Crippen MR) is 76.8 cm³/mol. The average Bonchev–Trinajstić information content (AvgIpc) is 2.38. The zero-order chi connectivity index (χ0) is 13.8. The van der Waals surface area contributed by atoms with Crippen molar-refractivity contribution < 1.29 is 4.74 Å². The number of para-hydroxylation sites is 1. The number of nitrogen functional groups attached to an aromatic ring is 1. The highest BCUT2D eigenvalue weighted by Crippen LogP contribution is 2.27. The van der Waals surface area contributed by atoms with Gasteiger partial charge in [-0.25, -0.2) is 0 Å². The predicted octanol–water partition coefficient (Wildman–Crippen LogP) is 1.46. The number of rotatable bonds is 5. The maximum absolute atomic E-state index is 7.62. The standard InChI is InChI=1S/C14H18N4O/c1-18(2)7-8-19-13-10-5-3-4-6-12(10)17-9-11(13)14(15)16/h3-6,9H,7-8H2,1-2H3,(H3,15,16). The lowest BCUT2D eigenvalue weighted by Crippen LogP contribution is -2.21. The van der Waals surface area contributed by atoms with Crippen LogP contribution < -0.4 is 10.5 Å². The number of likely N-dealkylation sites (N-methyl/N-ethyl adjacent to an activating group) is 1. The van der Waals surface area contributed by atoms with Crippen LogP contribution in [0, 0.1) is 5.41 Å². The van der Waals surface area contributed by atoms with E-state index >= 15 is 0 Å². The number of aromatic nitrogens is 1. The van der Waals surface area contributed by atoms with Gasteiger partial charge < -0.3 is 15.4 Å². The van der Waals surface area contributed by atoms with E-state index in [0.717, 1.165) is 17.4 Å². The fraction of sp³-hybridized carbons (Fsp3) is 0.286. The van der Waals surface area contributed by atoms with Crippen LogP contribution in [0.4, 0.5) is 0 Å². The Morgan fingerprint density at radius 2 is 2.11 bits per heavy atom. The Kier molecular flexibility index (Phi) is 3.97. The van der Waals surface area contributed by atoms with Gasteiger partial charge in [0, 0.05) is 18.1 Å². The van der Waals surface area contributed by atoms with E-state index in [1.54, 1.807) is 6.20 Å². The number of fused-ring (bicyclic) bond motifs is 1. The summed E-state index contributed by atoms with van der Waals surface area (Å²) in [6.07, 6.45) is 1.59. The molecule has 0 aliphatic heterocycles. The van der Waals surface area contributed by atoms with Crippen LogP contribution in [0.1, 0.15) is 5.56 Å². The highest BCUT2D eigenvalue weighted by atomic mass is 16.5. The van der Waals surface area contributed by atoms with Gasteiger partial charge in [0.1, 0.15) is 18.2 Å². The second-order valence-electron chi connectivity index (χ2n) is 4.58. The van der Waals surface area contributed by atoms with Crippen LogP contribution in [0.2, 0.25) is 0 Å². The van der Waals surface area contributed by atoms with Gasteiger partial charge in [-0.2, -0.15) is 0 Å². The Labute approximate surface area is 112 Å². The van der Waals surface area contributed by atoms with E-state index in [9.17, 15) is 0 Å². The van der Waals surface area contributed by atoms with Gasteiger partial charge in [-0.3, -0.25) is 10.4 Å². The van der Waals surface area contributed by atoms with Gasteiger partial charge in [-0.05, 0) is 26.2 Å². The van der Waals surface area contributed by atoms with Crippen LogP contribution in [0.5, 0.6) is 5.75 Å². The Morgan fingerprint density at radius 1 is 1.37 bits per heavy atom. The molecule has 2 rings (SSSR count). The van der Waals surface area contributed by atoms with E-state index in [-0.39, 0.29) is 5.84 Å². The molecule has 0 unspecified atom stereocenters. The smallest absolute Gasteiger partial charge is 0.141 e. The van der Waals surface area contributed by atoms with Gasteiger partial charge in [-0.15, -0.1) is 0 Å². The number of nitrogens with two attached hydrogens (primary N) is 1. The molecule has 0 fully saturated rings. The first-order valence-corrected chi connectivity index (χ1v) is 6.09. The topological polar surface area (TPSA) is 75.2 Å². The lowest BCUT2D eigenvalue weighted by molar-refractivity contribution is 0.263. The lowest BCUT2D eigenvalue weighted by Gasteiger charge is -2.15. The van der Waals surface area contributed by atoms with Gasteiger partial charge in [-0.1, -0.05) is 12.1 Å². The summed E-state index contributed by atoms with van der Waals surface area (Å²) in [6.45, 7) is 1.34. The number of ether oxygens (including phenoxy) is 1. The Bertz CT molecular complexity index is 595. The van der Waals surface area contributed by atoms with Crippen molar-refractivity contribution in [3.05, 3.63) is 36.0 Å². The Balaban J connectivity index is 2.41. The molecular formula is C14H18N4O. The molecule has 0 spiro atoms. The molecule has 0 amide bonds. The molecule has 5 heteroatoms. The van der Waals surface area contributed by atoms with Gasteiger partial charge in [0.25, 0.3) is 0 Å². The largest absolute Gasteiger partial charge is 0.491 e. The highest BCUT2D eigenvalue weighted by molar-refractivity contribution is 6.02. The van der Waals surface area contributed by atoms with Crippen LogP contribution in [0.25, 0.3) is 10.9 Å². The summed E-state index contributed by atoms with van der Waals surface area (Å²) >= 11 is 0. The number of nitrogens with zero attached hydrogens (tertiary/aromatic N) is 2. The summed E-state index contributed by atoms with van der Waals surface area (Å²) < 4.78 is 5.82. The molecule has 0 aliphatic rings. The van der Waals surface area contributed by atoms with Crippen molar-refractivity contribution >= 4 is 16.7 Å². The summed E-state index contributed by atoms with van der Waals surface area (Å²) in [4.78, 5) is 6.33. The van der Waals surface area contributed by atoms with Crippen LogP contribution in [-0.2, 0) is 0 Å².